The molecule has 1 unspecified atom stereocenters. The molecule has 3 aliphatic carbocycles. The van der Waals surface area contributed by atoms with Crippen LogP contribution in [0.2, 0.25) is 0 Å². The molecular formula is C25H36N8O. The van der Waals surface area contributed by atoms with Gasteiger partial charge >= 0.3 is 0 Å². The third-order valence-electron chi connectivity index (χ3n) is 8.32. The zero-order chi connectivity index (χ0) is 23.9. The Hall–Kier alpha value is -2.94. The van der Waals surface area contributed by atoms with Gasteiger partial charge in [0.2, 0.25) is 23.8 Å². The number of nitrogens with one attached hydrogen (secondary N) is 4. The number of rotatable bonds is 8. The molecule has 9 heteroatoms. The fourth-order valence-corrected chi connectivity index (χ4v) is 6.00. The highest BCUT2D eigenvalue weighted by Gasteiger charge is 2.53. The second-order valence-corrected chi connectivity index (χ2v) is 10.7. The Morgan fingerprint density at radius 2 is 1.94 bits per heavy atom. The van der Waals surface area contributed by atoms with Crippen molar-refractivity contribution in [3.05, 3.63) is 29.3 Å². The van der Waals surface area contributed by atoms with E-state index in [1.807, 2.05) is 13.0 Å². The summed E-state index contributed by atoms with van der Waals surface area (Å²) in [6.45, 7) is 9.54. The number of aryl methyl sites for hydroxylation is 1. The summed E-state index contributed by atoms with van der Waals surface area (Å²) in [5.74, 6) is 3.36. The third-order valence-corrected chi connectivity index (χ3v) is 8.32. The summed E-state index contributed by atoms with van der Waals surface area (Å²) < 4.78 is 0. The summed E-state index contributed by atoms with van der Waals surface area (Å²) in [4.78, 5) is 25.6. The standard InChI is InChI=1S/C25H36N8O/c1-14-4-5-15(21(26)34)10-20(14)30-24-32-22(31-23(33-24)29-18-8-9-27-13-18)28-12-16-6-7-17-11-19(16)25(17,2)3/h4-5,10,16-19,27H,6-9,11-13H2,1-3H3,(H2,26,34)(H3,28,29,30,31,32,33)/t16-,17?,18+,19-/m0/s1. The van der Waals surface area contributed by atoms with Crippen molar-refractivity contribution in [3.63, 3.8) is 0 Å². The van der Waals surface area contributed by atoms with Crippen LogP contribution >= 0.6 is 0 Å². The first-order chi connectivity index (χ1) is 16.3. The average Bonchev–Trinajstić information content (AvgIpc) is 3.32. The largest absolute Gasteiger partial charge is 0.366 e. The van der Waals surface area contributed by atoms with Gasteiger partial charge in [-0.15, -0.1) is 0 Å². The molecule has 2 bridgehead atoms. The molecule has 0 spiro atoms. The summed E-state index contributed by atoms with van der Waals surface area (Å²) in [6.07, 6.45) is 4.95. The van der Waals surface area contributed by atoms with E-state index in [0.717, 1.165) is 49.1 Å². The molecule has 1 amide bonds. The average molecular weight is 465 g/mol. The smallest absolute Gasteiger partial charge is 0.248 e. The predicted molar refractivity (Wildman–Crippen MR) is 134 cm³/mol. The van der Waals surface area contributed by atoms with Crippen LogP contribution in [0.15, 0.2) is 18.2 Å². The van der Waals surface area contributed by atoms with E-state index in [0.29, 0.717) is 34.7 Å². The second-order valence-electron chi connectivity index (χ2n) is 10.7. The number of anilines is 4. The van der Waals surface area contributed by atoms with Crippen LogP contribution in [0.4, 0.5) is 23.5 Å². The van der Waals surface area contributed by atoms with E-state index in [1.54, 1.807) is 12.1 Å². The van der Waals surface area contributed by atoms with Crippen LogP contribution in [0.3, 0.4) is 0 Å². The SMILES string of the molecule is Cc1ccc(C(N)=O)cc1Nc1nc(NC[C@@H]2CCC3C[C@@H]2C3(C)C)nc(N[C@@H]2CCNC2)n1. The molecule has 2 heterocycles. The molecule has 1 saturated heterocycles. The van der Waals surface area contributed by atoms with Crippen LogP contribution in [0.5, 0.6) is 0 Å². The van der Waals surface area contributed by atoms with Crippen molar-refractivity contribution in [2.45, 2.75) is 52.5 Å². The number of benzene rings is 1. The van der Waals surface area contributed by atoms with Crippen LogP contribution in [0.1, 0.15) is 55.5 Å². The molecule has 2 aromatic rings. The maximum atomic E-state index is 11.7. The van der Waals surface area contributed by atoms with E-state index in [2.05, 4.69) is 50.1 Å². The van der Waals surface area contributed by atoms with Crippen molar-refractivity contribution in [3.8, 4) is 0 Å². The minimum Gasteiger partial charge on any atom is -0.366 e. The fourth-order valence-electron chi connectivity index (χ4n) is 6.00. The maximum absolute atomic E-state index is 11.7. The minimum absolute atomic E-state index is 0.286. The summed E-state index contributed by atoms with van der Waals surface area (Å²) in [5.41, 5.74) is 8.08. The van der Waals surface area contributed by atoms with Crippen LogP contribution in [0.25, 0.3) is 0 Å². The Kier molecular flexibility index (Phi) is 6.06. The Labute approximate surface area is 201 Å². The number of nitrogens with two attached hydrogens (primary N) is 1. The highest BCUT2D eigenvalue weighted by atomic mass is 16.1. The highest BCUT2D eigenvalue weighted by Crippen LogP contribution is 2.61. The Bertz CT molecular complexity index is 1060. The topological polar surface area (TPSA) is 130 Å². The van der Waals surface area contributed by atoms with Gasteiger partial charge in [0, 0.05) is 30.4 Å². The van der Waals surface area contributed by atoms with Gasteiger partial charge in [-0.3, -0.25) is 4.79 Å². The summed E-state index contributed by atoms with van der Waals surface area (Å²) in [6, 6.07) is 5.61. The highest BCUT2D eigenvalue weighted by molar-refractivity contribution is 5.94. The van der Waals surface area contributed by atoms with Gasteiger partial charge in [-0.2, -0.15) is 15.0 Å². The molecular weight excluding hydrogens is 428 g/mol. The minimum atomic E-state index is -0.467. The van der Waals surface area contributed by atoms with Crippen LogP contribution < -0.4 is 27.0 Å². The van der Waals surface area contributed by atoms with Crippen LogP contribution in [0, 0.1) is 30.1 Å². The first-order valence-corrected chi connectivity index (χ1v) is 12.4. The number of hydrogen-bond donors (Lipinski definition) is 5. The molecule has 4 fully saturated rings. The van der Waals surface area contributed by atoms with Gasteiger partial charge in [0.1, 0.15) is 0 Å². The number of aromatic nitrogens is 3. The summed E-state index contributed by atoms with van der Waals surface area (Å²) in [5, 5.41) is 13.6. The molecule has 182 valence electrons. The molecule has 6 N–H and O–H groups in total. The van der Waals surface area contributed by atoms with Crippen molar-refractivity contribution >= 4 is 29.4 Å². The van der Waals surface area contributed by atoms with Crippen molar-refractivity contribution in [1.82, 2.24) is 20.3 Å². The van der Waals surface area contributed by atoms with Crippen molar-refractivity contribution in [2.75, 3.05) is 35.6 Å². The first kappa shape index (κ1) is 22.8. The number of primary amides is 1. The molecule has 1 aromatic carbocycles. The van der Waals surface area contributed by atoms with Gasteiger partial charge in [0.15, 0.2) is 0 Å². The summed E-state index contributed by atoms with van der Waals surface area (Å²) >= 11 is 0. The zero-order valence-electron chi connectivity index (χ0n) is 20.3. The molecule has 3 saturated carbocycles. The molecule has 34 heavy (non-hydrogen) atoms. The normalized spacial score (nSPS) is 27.0. The number of fused-ring (bicyclic) bond motifs is 2. The van der Waals surface area contributed by atoms with Crippen molar-refractivity contribution in [2.24, 2.45) is 28.9 Å². The van der Waals surface area contributed by atoms with E-state index in [1.165, 1.54) is 19.3 Å². The lowest BCUT2D eigenvalue weighted by atomic mass is 9.45. The van der Waals surface area contributed by atoms with Gasteiger partial charge in [0.05, 0.1) is 0 Å². The number of carbonyl (C=O) groups is 1. The van der Waals surface area contributed by atoms with Crippen molar-refractivity contribution in [1.29, 1.82) is 0 Å². The molecule has 1 aliphatic heterocycles. The molecule has 1 aromatic heterocycles. The number of carbonyl (C=O) groups excluding carboxylic acids is 1. The van der Waals surface area contributed by atoms with Gasteiger partial charge in [-0.1, -0.05) is 19.9 Å². The monoisotopic (exact) mass is 464 g/mol. The first-order valence-electron chi connectivity index (χ1n) is 12.4. The van der Waals surface area contributed by atoms with E-state index in [9.17, 15) is 4.79 Å². The lowest BCUT2D eigenvalue weighted by Gasteiger charge is -2.60. The molecule has 4 atom stereocenters. The molecule has 0 radical (unpaired) electrons. The van der Waals surface area contributed by atoms with E-state index in [4.69, 9.17) is 5.73 Å². The molecule has 4 aliphatic rings. The molecule has 6 rings (SSSR count). The van der Waals surface area contributed by atoms with Crippen molar-refractivity contribution < 1.29 is 4.79 Å². The van der Waals surface area contributed by atoms with Gasteiger partial charge in [-0.25, -0.2) is 0 Å². The summed E-state index contributed by atoms with van der Waals surface area (Å²) in [7, 11) is 0. The van der Waals surface area contributed by atoms with E-state index in [-0.39, 0.29) is 6.04 Å². The lowest BCUT2D eigenvalue weighted by Crippen LogP contribution is -2.53. The molecule has 9 nitrogen and oxygen atoms in total. The maximum Gasteiger partial charge on any atom is 0.248 e. The Morgan fingerprint density at radius 1 is 1.15 bits per heavy atom. The van der Waals surface area contributed by atoms with E-state index < -0.39 is 5.91 Å². The Morgan fingerprint density at radius 3 is 2.65 bits per heavy atom. The number of amides is 1. The van der Waals surface area contributed by atoms with Gasteiger partial charge in [-0.05, 0) is 80.0 Å². The predicted octanol–water partition coefficient (Wildman–Crippen LogP) is 3.28. The fraction of sp³-hybridized carbons (Fsp3) is 0.600. The van der Waals surface area contributed by atoms with Gasteiger partial charge < -0.3 is 27.0 Å². The zero-order valence-corrected chi connectivity index (χ0v) is 20.3. The van der Waals surface area contributed by atoms with E-state index >= 15 is 0 Å². The van der Waals surface area contributed by atoms with Crippen LogP contribution in [-0.2, 0) is 0 Å². The Balaban J connectivity index is 1.36. The van der Waals surface area contributed by atoms with Gasteiger partial charge in [0.25, 0.3) is 0 Å². The lowest BCUT2D eigenvalue weighted by molar-refractivity contribution is -0.100. The quantitative estimate of drug-likeness (QED) is 0.402. The number of hydrogen-bond acceptors (Lipinski definition) is 8. The number of nitrogens with zero attached hydrogens (tertiary/aromatic N) is 3. The third kappa shape index (κ3) is 4.53. The van der Waals surface area contributed by atoms with Crippen LogP contribution in [-0.4, -0.2) is 46.5 Å². The second kappa shape index (κ2) is 9.02.